The summed E-state index contributed by atoms with van der Waals surface area (Å²) in [4.78, 5) is 0. The Bertz CT molecular complexity index is 13.5. The third-order valence-electron chi connectivity index (χ3n) is 0. The molecule has 0 amide bonds. The maximum atomic E-state index is 7.17. The molecule has 3 N–H and O–H groups in total. The second kappa shape index (κ2) is 9.38. The van der Waals surface area contributed by atoms with Crippen LogP contribution in [0.5, 0.6) is 0 Å². The molecule has 0 unspecified atom stereocenters. The fourth-order valence-corrected chi connectivity index (χ4v) is 0. The van der Waals surface area contributed by atoms with Gasteiger partial charge in [-0.3, -0.25) is 0 Å². The Hall–Kier alpha value is 1.01. The molecule has 0 aromatic heterocycles. The second-order valence-corrected chi connectivity index (χ2v) is 0.346. The zero-order chi connectivity index (χ0) is 3.58. The molecule has 6 heteroatoms. The van der Waals surface area contributed by atoms with Crippen molar-refractivity contribution in [2.24, 2.45) is 0 Å². The van der Waals surface area contributed by atoms with E-state index in [0.717, 1.165) is 0 Å². The van der Waals surface area contributed by atoms with Crippen LogP contribution in [0.4, 0.5) is 0 Å². The van der Waals surface area contributed by atoms with Crippen molar-refractivity contribution in [1.82, 2.24) is 0 Å². The third-order valence-corrected chi connectivity index (χ3v) is 0. The van der Waals surface area contributed by atoms with Crippen molar-refractivity contribution in [3.63, 3.8) is 0 Å². The molecule has 0 aliphatic carbocycles. The molecule has 0 aromatic carbocycles. The second-order valence-electron chi connectivity index (χ2n) is 0.346. The van der Waals surface area contributed by atoms with Gasteiger partial charge in [0.25, 0.3) is 0 Å². The predicted molar refractivity (Wildman–Crippen MR) is 29.5 cm³/mol. The Labute approximate surface area is 60.4 Å². The molecule has 0 fully saturated rings. The molecule has 0 heterocycles. The molecule has 6 heavy (non-hydrogen) atoms. The first-order valence-corrected chi connectivity index (χ1v) is 0.775. The normalized spacial score (nSPS) is 4.50. The van der Waals surface area contributed by atoms with Crippen molar-refractivity contribution in [2.45, 2.75) is 0 Å². The summed E-state index contributed by atoms with van der Waals surface area (Å²) in [5.74, 6) is 0. The van der Waals surface area contributed by atoms with Crippen LogP contribution in [0.2, 0.25) is 0 Å². The zero-order valence-corrected chi connectivity index (χ0v) is 1.92. The van der Waals surface area contributed by atoms with Crippen LogP contribution >= 0.6 is 0 Å². The predicted octanol–water partition coefficient (Wildman–Crippen LogP) is -3.88. The van der Waals surface area contributed by atoms with E-state index in [9.17, 15) is 0 Å². The minimum absolute atomic E-state index is 0. The molecule has 0 saturated heterocycles. The molecule has 0 rings (SSSR count). The monoisotopic (exact) mass is 100 g/mol. The summed E-state index contributed by atoms with van der Waals surface area (Å²) in [6.45, 7) is 0. The molecular weight excluding hydrogens is 92.6 g/mol. The minimum atomic E-state index is -2.17. The van der Waals surface area contributed by atoms with Gasteiger partial charge in [-0.1, -0.05) is 0 Å². The van der Waals surface area contributed by atoms with Crippen molar-refractivity contribution < 1.29 is 15.1 Å². The topological polar surface area (TPSA) is 60.7 Å². The fourth-order valence-electron chi connectivity index (χ4n) is 0. The molecular formula is H7B2NaO3. The van der Waals surface area contributed by atoms with Gasteiger partial charge in [-0.25, -0.2) is 0 Å². The summed E-state index contributed by atoms with van der Waals surface area (Å²) in [5.41, 5.74) is 0. The van der Waals surface area contributed by atoms with Crippen LogP contribution in [-0.4, -0.2) is 60.4 Å². The first-order valence-electron chi connectivity index (χ1n) is 0.775. The van der Waals surface area contributed by atoms with E-state index in [1.54, 1.807) is 0 Å². The van der Waals surface area contributed by atoms with Gasteiger partial charge in [0.2, 0.25) is 0 Å². The van der Waals surface area contributed by atoms with Crippen LogP contribution in [-0.2, 0) is 0 Å². The van der Waals surface area contributed by atoms with Gasteiger partial charge in [-0.05, 0) is 0 Å². The Morgan fingerprint density at radius 1 is 1.00 bits per heavy atom. The van der Waals surface area contributed by atoms with Gasteiger partial charge in [0.05, 0.1) is 8.41 Å². The van der Waals surface area contributed by atoms with E-state index in [0.29, 0.717) is 0 Å². The molecule has 32 valence electrons. The molecule has 0 aromatic rings. The van der Waals surface area contributed by atoms with E-state index in [-0.39, 0.29) is 38.0 Å². The third kappa shape index (κ3) is 79.0. The van der Waals surface area contributed by atoms with Crippen molar-refractivity contribution in [3.05, 3.63) is 0 Å². The Balaban J connectivity index is -0.0000000450. The van der Waals surface area contributed by atoms with Gasteiger partial charge in [-0.2, -0.15) is 0 Å². The quantitative estimate of drug-likeness (QED) is 0.272. The van der Waals surface area contributed by atoms with E-state index in [4.69, 9.17) is 15.1 Å². The summed E-state index contributed by atoms with van der Waals surface area (Å²) >= 11 is 0. The first kappa shape index (κ1) is 15.7. The SMILES string of the molecule is B.OB(O)O.[NaH]. The summed E-state index contributed by atoms with van der Waals surface area (Å²) in [7, 11) is -2.17. The molecule has 0 radical (unpaired) electrons. The van der Waals surface area contributed by atoms with Crippen molar-refractivity contribution in [3.8, 4) is 0 Å². The standard InChI is InChI=1S/BH3O3.BH3.Na.H/c2-1(3)4;;;/h2-4H;1H3;;. The van der Waals surface area contributed by atoms with Crippen molar-refractivity contribution in [2.75, 3.05) is 0 Å². The summed E-state index contributed by atoms with van der Waals surface area (Å²) < 4.78 is 0. The molecule has 3 nitrogen and oxygen atoms in total. The van der Waals surface area contributed by atoms with Crippen LogP contribution in [0.3, 0.4) is 0 Å². The average Bonchev–Trinajstić information content (AvgIpc) is 0.811. The Morgan fingerprint density at radius 2 is 1.00 bits per heavy atom. The van der Waals surface area contributed by atoms with E-state index >= 15 is 0 Å². The van der Waals surface area contributed by atoms with E-state index in [1.807, 2.05) is 0 Å². The fraction of sp³-hybridized carbons (Fsp3) is 0. The Morgan fingerprint density at radius 3 is 1.00 bits per heavy atom. The average molecular weight is 99.7 g/mol. The molecule has 0 aliphatic heterocycles. The van der Waals surface area contributed by atoms with Gasteiger partial charge in [0.15, 0.2) is 0 Å². The van der Waals surface area contributed by atoms with Gasteiger partial charge < -0.3 is 15.1 Å². The molecule has 0 aliphatic rings. The molecule has 0 atom stereocenters. The molecule has 0 saturated carbocycles. The maximum absolute atomic E-state index is 7.17. The van der Waals surface area contributed by atoms with Gasteiger partial charge in [-0.15, -0.1) is 0 Å². The van der Waals surface area contributed by atoms with Gasteiger partial charge >= 0.3 is 36.9 Å². The summed E-state index contributed by atoms with van der Waals surface area (Å²) in [6.07, 6.45) is 0. The summed E-state index contributed by atoms with van der Waals surface area (Å²) in [5, 5.41) is 21.5. The number of hydrogen-bond acceptors (Lipinski definition) is 3. The summed E-state index contributed by atoms with van der Waals surface area (Å²) in [6, 6.07) is 0. The van der Waals surface area contributed by atoms with Crippen LogP contribution in [0, 0.1) is 0 Å². The Kier molecular flexibility index (Phi) is 24.6. The number of hydrogen-bond donors (Lipinski definition) is 3. The van der Waals surface area contributed by atoms with E-state index < -0.39 is 7.32 Å². The number of rotatable bonds is 0. The molecule has 0 spiro atoms. The van der Waals surface area contributed by atoms with E-state index in [1.165, 1.54) is 0 Å². The molecule has 0 bridgehead atoms. The van der Waals surface area contributed by atoms with Gasteiger partial charge in [0.1, 0.15) is 0 Å². The van der Waals surface area contributed by atoms with Crippen LogP contribution in [0.1, 0.15) is 0 Å². The van der Waals surface area contributed by atoms with Crippen molar-refractivity contribution in [1.29, 1.82) is 0 Å². The van der Waals surface area contributed by atoms with Crippen LogP contribution < -0.4 is 0 Å². The van der Waals surface area contributed by atoms with Gasteiger partial charge in [0, 0.05) is 0 Å². The zero-order valence-electron chi connectivity index (χ0n) is 1.92. The van der Waals surface area contributed by atoms with Crippen LogP contribution in [0.15, 0.2) is 0 Å². The van der Waals surface area contributed by atoms with Crippen LogP contribution in [0.25, 0.3) is 0 Å². The first-order chi connectivity index (χ1) is 1.73. The van der Waals surface area contributed by atoms with Crippen molar-refractivity contribution >= 4 is 45.3 Å². The van der Waals surface area contributed by atoms with E-state index in [2.05, 4.69) is 0 Å².